The number of amides is 2. The Kier molecular flexibility index (Phi) is 5.65. The first kappa shape index (κ1) is 14.2. The van der Waals surface area contributed by atoms with Crippen molar-refractivity contribution in [3.05, 3.63) is 0 Å². The van der Waals surface area contributed by atoms with Crippen LogP contribution in [0.5, 0.6) is 0 Å². The Hall–Kier alpha value is -0.770. The molecule has 5 heteroatoms. The van der Waals surface area contributed by atoms with Gasteiger partial charge in [0.1, 0.15) is 0 Å². The Morgan fingerprint density at radius 2 is 1.87 bits per heavy atom. The van der Waals surface area contributed by atoms with Crippen LogP contribution in [-0.2, 0) is 9.59 Å². The van der Waals surface area contributed by atoms with E-state index >= 15 is 0 Å². The second-order valence-corrected chi connectivity index (χ2v) is 4.86. The van der Waals surface area contributed by atoms with Crippen LogP contribution in [0.1, 0.15) is 27.2 Å². The molecule has 0 spiro atoms. The smallest absolute Gasteiger partial charge is 0.240 e. The molecule has 0 radical (unpaired) electrons. The van der Waals surface area contributed by atoms with Crippen molar-refractivity contribution in [1.82, 2.24) is 10.2 Å². The molecule has 0 aliphatic heterocycles. The number of alkyl halides is 1. The second-order valence-electron chi connectivity index (χ2n) is 4.49. The number of hydrogen-bond acceptors (Lipinski definition) is 2. The molecule has 0 bridgehead atoms. The van der Waals surface area contributed by atoms with Crippen LogP contribution in [0.3, 0.4) is 0 Å². The summed E-state index contributed by atoms with van der Waals surface area (Å²) in [6.07, 6.45) is 0.265. The fourth-order valence-corrected chi connectivity index (χ4v) is 1.19. The van der Waals surface area contributed by atoms with Gasteiger partial charge in [-0.15, -0.1) is 11.6 Å². The van der Waals surface area contributed by atoms with Crippen LogP contribution < -0.4 is 5.32 Å². The summed E-state index contributed by atoms with van der Waals surface area (Å²) in [5.74, 6) is 0.00587. The Balaban J connectivity index is 4.02. The molecule has 0 saturated heterocycles. The maximum atomic E-state index is 11.4. The third kappa shape index (κ3) is 7.19. The molecule has 4 nitrogen and oxygen atoms in total. The zero-order valence-corrected chi connectivity index (χ0v) is 10.5. The Morgan fingerprint density at radius 3 is 2.27 bits per heavy atom. The second kappa shape index (κ2) is 5.95. The average Bonchev–Trinajstić information content (AvgIpc) is 2.00. The largest absolute Gasteiger partial charge is 0.350 e. The molecule has 0 aromatic rings. The van der Waals surface area contributed by atoms with E-state index in [0.717, 1.165) is 0 Å². The first-order valence-electron chi connectivity index (χ1n) is 4.87. The highest BCUT2D eigenvalue weighted by Gasteiger charge is 2.17. The molecule has 0 heterocycles. The molecule has 15 heavy (non-hydrogen) atoms. The summed E-state index contributed by atoms with van der Waals surface area (Å²) in [4.78, 5) is 24.1. The van der Waals surface area contributed by atoms with Gasteiger partial charge < -0.3 is 10.2 Å². The fourth-order valence-electron chi connectivity index (χ4n) is 1.03. The number of halogens is 1. The fraction of sp³-hybridized carbons (Fsp3) is 0.800. The van der Waals surface area contributed by atoms with Gasteiger partial charge in [-0.3, -0.25) is 9.59 Å². The van der Waals surface area contributed by atoms with Gasteiger partial charge in [0.15, 0.2) is 0 Å². The van der Waals surface area contributed by atoms with E-state index in [1.54, 1.807) is 7.05 Å². The minimum Gasteiger partial charge on any atom is -0.350 e. The van der Waals surface area contributed by atoms with Crippen LogP contribution in [0.2, 0.25) is 0 Å². The number of nitrogens with one attached hydrogen (secondary N) is 1. The highest BCUT2D eigenvalue weighted by molar-refractivity contribution is 6.18. The van der Waals surface area contributed by atoms with Gasteiger partial charge in [-0.1, -0.05) is 0 Å². The average molecular weight is 235 g/mol. The molecule has 0 aromatic carbocycles. The van der Waals surface area contributed by atoms with Crippen LogP contribution in [-0.4, -0.2) is 41.7 Å². The third-order valence-corrected chi connectivity index (χ3v) is 1.82. The van der Waals surface area contributed by atoms with Crippen LogP contribution >= 0.6 is 11.6 Å². The lowest BCUT2D eigenvalue weighted by atomic mass is 10.1. The predicted octanol–water partition coefficient (Wildman–Crippen LogP) is 0.988. The van der Waals surface area contributed by atoms with E-state index in [1.165, 1.54) is 4.90 Å². The summed E-state index contributed by atoms with van der Waals surface area (Å²) in [6, 6.07) is 0. The zero-order valence-electron chi connectivity index (χ0n) is 9.76. The molecule has 2 amide bonds. The number of likely N-dealkylation sites (N-methyl/N-ethyl adjacent to an activating group) is 1. The highest BCUT2D eigenvalue weighted by atomic mass is 35.5. The minimum absolute atomic E-state index is 0.0764. The topological polar surface area (TPSA) is 49.4 Å². The molecular formula is C10H19ClN2O2. The van der Waals surface area contributed by atoms with Gasteiger partial charge in [-0.2, -0.15) is 0 Å². The lowest BCUT2D eigenvalue weighted by Gasteiger charge is -2.23. The van der Waals surface area contributed by atoms with Crippen molar-refractivity contribution in [3.63, 3.8) is 0 Å². The summed E-state index contributed by atoms with van der Waals surface area (Å²) in [7, 11) is 1.59. The quantitative estimate of drug-likeness (QED) is 0.738. The number of hydrogen-bond donors (Lipinski definition) is 1. The van der Waals surface area contributed by atoms with Gasteiger partial charge in [0.05, 0.1) is 6.54 Å². The van der Waals surface area contributed by atoms with Crippen molar-refractivity contribution >= 4 is 23.4 Å². The molecule has 0 saturated carbocycles. The summed E-state index contributed by atoms with van der Waals surface area (Å²) >= 11 is 5.44. The Labute approximate surface area is 96.0 Å². The van der Waals surface area contributed by atoms with E-state index in [1.807, 2.05) is 20.8 Å². The Bertz CT molecular complexity index is 236. The van der Waals surface area contributed by atoms with Gasteiger partial charge in [-0.25, -0.2) is 0 Å². The van der Waals surface area contributed by atoms with Crippen molar-refractivity contribution in [2.24, 2.45) is 0 Å². The lowest BCUT2D eigenvalue weighted by molar-refractivity contribution is -0.134. The van der Waals surface area contributed by atoms with Gasteiger partial charge >= 0.3 is 0 Å². The van der Waals surface area contributed by atoms with Crippen molar-refractivity contribution in [1.29, 1.82) is 0 Å². The van der Waals surface area contributed by atoms with Crippen LogP contribution in [0, 0.1) is 0 Å². The number of rotatable bonds is 4. The summed E-state index contributed by atoms with van der Waals surface area (Å²) in [6.45, 7) is 5.76. The molecule has 0 aliphatic rings. The van der Waals surface area contributed by atoms with Crippen LogP contribution in [0.4, 0.5) is 0 Å². The standard InChI is InChI=1S/C10H19ClN2O2/c1-10(2,3)12-8(14)7-13(4)9(15)5-6-11/h5-7H2,1-4H3,(H,12,14). The number of carbonyl (C=O) groups is 2. The van der Waals surface area contributed by atoms with E-state index in [9.17, 15) is 9.59 Å². The first-order valence-corrected chi connectivity index (χ1v) is 5.40. The zero-order chi connectivity index (χ0) is 12.1. The van der Waals surface area contributed by atoms with Crippen molar-refractivity contribution in [2.45, 2.75) is 32.7 Å². The van der Waals surface area contributed by atoms with E-state index in [0.29, 0.717) is 0 Å². The molecule has 0 fully saturated rings. The van der Waals surface area contributed by atoms with Crippen molar-refractivity contribution in [2.75, 3.05) is 19.5 Å². The normalized spacial score (nSPS) is 11.0. The predicted molar refractivity (Wildman–Crippen MR) is 60.9 cm³/mol. The minimum atomic E-state index is -0.270. The van der Waals surface area contributed by atoms with Gasteiger partial charge in [0.2, 0.25) is 11.8 Å². The first-order chi connectivity index (χ1) is 6.76. The molecular weight excluding hydrogens is 216 g/mol. The summed E-state index contributed by atoms with van der Waals surface area (Å²) < 4.78 is 0. The summed E-state index contributed by atoms with van der Waals surface area (Å²) in [5, 5.41) is 2.78. The van der Waals surface area contributed by atoms with Gasteiger partial charge in [-0.05, 0) is 20.8 Å². The SMILES string of the molecule is CN(CC(=O)NC(C)(C)C)C(=O)CCCl. The molecule has 0 unspecified atom stereocenters. The third-order valence-electron chi connectivity index (χ3n) is 1.63. The highest BCUT2D eigenvalue weighted by Crippen LogP contribution is 1.99. The van der Waals surface area contributed by atoms with Crippen molar-refractivity contribution < 1.29 is 9.59 Å². The lowest BCUT2D eigenvalue weighted by Crippen LogP contribution is -2.46. The molecule has 0 atom stereocenters. The number of carbonyl (C=O) groups excluding carboxylic acids is 2. The van der Waals surface area contributed by atoms with Crippen molar-refractivity contribution in [3.8, 4) is 0 Å². The Morgan fingerprint density at radius 1 is 1.33 bits per heavy atom. The molecule has 0 rings (SSSR count). The molecule has 0 aliphatic carbocycles. The number of nitrogens with zero attached hydrogens (tertiary/aromatic N) is 1. The van der Waals surface area contributed by atoms with Gasteiger partial charge in [0.25, 0.3) is 0 Å². The molecule has 88 valence electrons. The van der Waals surface area contributed by atoms with E-state index in [2.05, 4.69) is 5.32 Å². The van der Waals surface area contributed by atoms with Crippen LogP contribution in [0.25, 0.3) is 0 Å². The maximum Gasteiger partial charge on any atom is 0.240 e. The monoisotopic (exact) mass is 234 g/mol. The van der Waals surface area contributed by atoms with E-state index < -0.39 is 0 Å². The maximum absolute atomic E-state index is 11.4. The summed E-state index contributed by atoms with van der Waals surface area (Å²) in [5.41, 5.74) is -0.270. The molecule has 0 aromatic heterocycles. The molecule has 1 N–H and O–H groups in total. The van der Waals surface area contributed by atoms with E-state index in [-0.39, 0.29) is 36.2 Å². The van der Waals surface area contributed by atoms with Crippen LogP contribution in [0.15, 0.2) is 0 Å². The van der Waals surface area contributed by atoms with E-state index in [4.69, 9.17) is 11.6 Å². The van der Waals surface area contributed by atoms with Gasteiger partial charge in [0, 0.05) is 24.9 Å².